The molecule has 11 heteroatoms. The van der Waals surface area contributed by atoms with Crippen molar-refractivity contribution in [1.82, 2.24) is 4.57 Å². The lowest BCUT2D eigenvalue weighted by atomic mass is 9.92. The van der Waals surface area contributed by atoms with Gasteiger partial charge >= 0.3 is 12.8 Å². The first kappa shape index (κ1) is 28.8. The van der Waals surface area contributed by atoms with Gasteiger partial charge in [0.2, 0.25) is 0 Å². The van der Waals surface area contributed by atoms with Crippen LogP contribution in [0.1, 0.15) is 39.9 Å². The highest BCUT2D eigenvalue weighted by Crippen LogP contribution is 2.44. The van der Waals surface area contributed by atoms with Gasteiger partial charge in [-0.1, -0.05) is 48.5 Å². The number of pyridine rings is 1. The lowest BCUT2D eigenvalue weighted by Crippen LogP contribution is -2.33. The van der Waals surface area contributed by atoms with E-state index >= 15 is 0 Å². The van der Waals surface area contributed by atoms with Crippen LogP contribution >= 0.6 is 11.8 Å². The number of halogens is 6. The molecule has 2 N–H and O–H groups in total. The molecule has 41 heavy (non-hydrogen) atoms. The van der Waals surface area contributed by atoms with Crippen molar-refractivity contribution >= 4 is 11.8 Å². The summed E-state index contributed by atoms with van der Waals surface area (Å²) in [5, 5.41) is 0.393. The van der Waals surface area contributed by atoms with E-state index in [0.29, 0.717) is 21.9 Å². The van der Waals surface area contributed by atoms with Gasteiger partial charge < -0.3 is 10.5 Å². The fraction of sp³-hybridized carbons (Fsp3) is 0.233. The fourth-order valence-corrected chi connectivity index (χ4v) is 6.69. The molecule has 2 heterocycles. The smallest absolute Gasteiger partial charge is 0.416 e. The number of fused-ring (bicyclic) bond motifs is 1. The Bertz CT molecular complexity index is 1640. The molecule has 4 nitrogen and oxygen atoms in total. The Hall–Kier alpha value is -3.70. The third-order valence-electron chi connectivity index (χ3n) is 7.18. The van der Waals surface area contributed by atoms with Gasteiger partial charge in [0.1, 0.15) is 11.6 Å². The zero-order valence-electron chi connectivity index (χ0n) is 21.6. The first-order valence-electron chi connectivity index (χ1n) is 12.6. The van der Waals surface area contributed by atoms with E-state index in [1.807, 2.05) is 18.2 Å². The SMILES string of the molecule is Cc1c(Cc2c(F)cccc2C(F)(F)F)c2n(c(=O)c1-c1cccc(OC(F)F)c1)C(C(N)c1ccccc1)CS2. The highest BCUT2D eigenvalue weighted by atomic mass is 32.2. The zero-order chi connectivity index (χ0) is 29.5. The molecular weight excluding hydrogens is 566 g/mol. The Morgan fingerprint density at radius 2 is 1.73 bits per heavy atom. The predicted molar refractivity (Wildman–Crippen MR) is 145 cm³/mol. The fourth-order valence-electron chi connectivity index (χ4n) is 5.24. The van der Waals surface area contributed by atoms with Gasteiger partial charge in [-0.2, -0.15) is 22.0 Å². The summed E-state index contributed by atoms with van der Waals surface area (Å²) in [6.45, 7) is -1.54. The summed E-state index contributed by atoms with van der Waals surface area (Å²) in [5.41, 5.74) is 6.16. The van der Waals surface area contributed by atoms with Gasteiger partial charge in [0.05, 0.1) is 28.2 Å². The Labute approximate surface area is 235 Å². The van der Waals surface area contributed by atoms with Crippen LogP contribution < -0.4 is 16.0 Å². The van der Waals surface area contributed by atoms with Crippen molar-refractivity contribution in [3.05, 3.63) is 117 Å². The van der Waals surface area contributed by atoms with Crippen LogP contribution in [0.15, 0.2) is 82.6 Å². The Morgan fingerprint density at radius 1 is 1.02 bits per heavy atom. The Morgan fingerprint density at radius 3 is 2.41 bits per heavy atom. The number of hydrogen-bond acceptors (Lipinski definition) is 4. The molecule has 0 amide bonds. The maximum absolute atomic E-state index is 15.0. The molecule has 4 aromatic rings. The molecule has 0 saturated heterocycles. The highest BCUT2D eigenvalue weighted by Gasteiger charge is 2.37. The second-order valence-electron chi connectivity index (χ2n) is 9.62. The first-order chi connectivity index (χ1) is 19.5. The maximum atomic E-state index is 15.0. The number of hydrogen-bond donors (Lipinski definition) is 1. The number of aromatic nitrogens is 1. The number of nitrogens with two attached hydrogens (primary N) is 1. The van der Waals surface area contributed by atoms with E-state index in [2.05, 4.69) is 4.74 Å². The van der Waals surface area contributed by atoms with Crippen molar-refractivity contribution in [2.45, 2.75) is 43.2 Å². The van der Waals surface area contributed by atoms with Crippen LogP contribution in [0.4, 0.5) is 26.3 Å². The van der Waals surface area contributed by atoms with Crippen LogP contribution in [0.2, 0.25) is 0 Å². The monoisotopic (exact) mass is 590 g/mol. The van der Waals surface area contributed by atoms with E-state index in [4.69, 9.17) is 5.73 Å². The molecule has 3 aromatic carbocycles. The van der Waals surface area contributed by atoms with Crippen LogP contribution in [0.3, 0.4) is 0 Å². The quantitative estimate of drug-likeness (QED) is 0.226. The van der Waals surface area contributed by atoms with Crippen molar-refractivity contribution < 1.29 is 31.1 Å². The molecule has 0 aliphatic carbocycles. The minimum absolute atomic E-state index is 0.0844. The summed E-state index contributed by atoms with van der Waals surface area (Å²) < 4.78 is 88.5. The Kier molecular flexibility index (Phi) is 7.93. The summed E-state index contributed by atoms with van der Waals surface area (Å²) in [6.07, 6.45) is -5.27. The van der Waals surface area contributed by atoms with Gasteiger partial charge in [-0.25, -0.2) is 4.39 Å². The van der Waals surface area contributed by atoms with Gasteiger partial charge in [-0.3, -0.25) is 9.36 Å². The standard InChI is InChI=1S/C30H24F6N2O2S/c1-16-20(14-21-22(30(34,35)36)11-6-12-23(21)31)28-38(24(15-41-28)26(37)17-7-3-2-4-8-17)27(39)25(16)18-9-5-10-19(13-18)40-29(32)33/h2-13,24,26,29H,14-15,37H2,1H3. The molecule has 0 saturated carbocycles. The van der Waals surface area contributed by atoms with Crippen molar-refractivity contribution in [2.24, 2.45) is 5.73 Å². The topological polar surface area (TPSA) is 57.2 Å². The number of rotatable bonds is 7. The molecule has 0 fully saturated rings. The molecule has 1 aliphatic heterocycles. The second kappa shape index (κ2) is 11.3. The van der Waals surface area contributed by atoms with Crippen LogP contribution in [-0.2, 0) is 12.6 Å². The van der Waals surface area contributed by atoms with Crippen LogP contribution in [0.5, 0.6) is 5.75 Å². The molecule has 5 rings (SSSR count). The van der Waals surface area contributed by atoms with Crippen molar-refractivity contribution in [3.63, 3.8) is 0 Å². The van der Waals surface area contributed by atoms with Crippen LogP contribution in [-0.4, -0.2) is 16.9 Å². The van der Waals surface area contributed by atoms with Crippen molar-refractivity contribution in [3.8, 4) is 16.9 Å². The van der Waals surface area contributed by atoms with E-state index in [9.17, 15) is 31.1 Å². The molecule has 2 unspecified atom stereocenters. The third-order valence-corrected chi connectivity index (χ3v) is 8.41. The summed E-state index contributed by atoms with van der Waals surface area (Å²) in [6, 6.07) is 16.1. The molecule has 1 aromatic heterocycles. The number of thioether (sulfide) groups is 1. The summed E-state index contributed by atoms with van der Waals surface area (Å²) in [7, 11) is 0. The number of alkyl halides is 5. The van der Waals surface area contributed by atoms with E-state index < -0.39 is 53.8 Å². The predicted octanol–water partition coefficient (Wildman–Crippen LogP) is 7.52. The molecule has 0 bridgehead atoms. The number of benzene rings is 3. The second-order valence-corrected chi connectivity index (χ2v) is 10.6. The van der Waals surface area contributed by atoms with E-state index in [1.54, 1.807) is 19.1 Å². The van der Waals surface area contributed by atoms with Gasteiger partial charge in [0.15, 0.2) is 0 Å². The molecular formula is C30H24F6N2O2S. The normalized spacial score (nSPS) is 15.7. The van der Waals surface area contributed by atoms with Crippen molar-refractivity contribution in [2.75, 3.05) is 5.75 Å². The van der Waals surface area contributed by atoms with E-state index in [0.717, 1.165) is 23.8 Å². The highest BCUT2D eigenvalue weighted by molar-refractivity contribution is 7.99. The maximum Gasteiger partial charge on any atom is 0.416 e. The average molecular weight is 591 g/mol. The lowest BCUT2D eigenvalue weighted by molar-refractivity contribution is -0.138. The zero-order valence-corrected chi connectivity index (χ0v) is 22.4. The summed E-state index contributed by atoms with van der Waals surface area (Å²) in [5.74, 6) is -0.874. The third kappa shape index (κ3) is 5.60. The van der Waals surface area contributed by atoms with Crippen molar-refractivity contribution in [1.29, 1.82) is 0 Å². The minimum atomic E-state index is -4.81. The Balaban J connectivity index is 1.75. The molecule has 0 radical (unpaired) electrons. The first-order valence-corrected chi connectivity index (χ1v) is 13.6. The van der Waals surface area contributed by atoms with Crippen LogP contribution in [0, 0.1) is 12.7 Å². The van der Waals surface area contributed by atoms with Gasteiger partial charge in [-0.15, -0.1) is 11.8 Å². The average Bonchev–Trinajstić information content (AvgIpc) is 3.36. The van der Waals surface area contributed by atoms with Gasteiger partial charge in [0.25, 0.3) is 5.56 Å². The molecule has 0 spiro atoms. The number of ether oxygens (including phenoxy) is 1. The minimum Gasteiger partial charge on any atom is -0.435 e. The lowest BCUT2D eigenvalue weighted by Gasteiger charge is -2.25. The van der Waals surface area contributed by atoms with Gasteiger partial charge in [-0.05, 0) is 53.4 Å². The molecule has 2 atom stereocenters. The summed E-state index contributed by atoms with van der Waals surface area (Å²) in [4.78, 5) is 14.1. The van der Waals surface area contributed by atoms with Gasteiger partial charge in [0, 0.05) is 17.7 Å². The largest absolute Gasteiger partial charge is 0.435 e. The number of nitrogens with zero attached hydrogens (tertiary/aromatic N) is 1. The summed E-state index contributed by atoms with van der Waals surface area (Å²) >= 11 is 1.26. The van der Waals surface area contributed by atoms with E-state index in [-0.39, 0.29) is 16.9 Å². The molecule has 1 aliphatic rings. The van der Waals surface area contributed by atoms with Crippen LogP contribution in [0.25, 0.3) is 11.1 Å². The van der Waals surface area contributed by atoms with E-state index in [1.165, 1.54) is 40.6 Å². The molecule has 214 valence electrons.